The maximum atomic E-state index is 4.29. The number of nitrogens with zero attached hydrogens (tertiary/aromatic N) is 1. The van der Waals surface area contributed by atoms with E-state index in [0.29, 0.717) is 0 Å². The molecule has 78 valence electrons. The molecule has 14 heavy (non-hydrogen) atoms. The van der Waals surface area contributed by atoms with Crippen molar-refractivity contribution in [1.82, 2.24) is 4.98 Å². The minimum Gasteiger partial charge on any atom is -0.260 e. The van der Waals surface area contributed by atoms with E-state index in [2.05, 4.69) is 24.0 Å². The lowest BCUT2D eigenvalue weighted by atomic mass is 10.2. The van der Waals surface area contributed by atoms with Crippen molar-refractivity contribution in [3.63, 3.8) is 0 Å². The fourth-order valence-corrected chi connectivity index (χ4v) is 2.22. The van der Waals surface area contributed by atoms with E-state index in [4.69, 9.17) is 0 Å². The van der Waals surface area contributed by atoms with Gasteiger partial charge in [-0.25, -0.2) is 0 Å². The first-order valence-corrected chi connectivity index (χ1v) is 6.56. The van der Waals surface area contributed by atoms with Gasteiger partial charge in [-0.05, 0) is 24.3 Å². The van der Waals surface area contributed by atoms with E-state index in [1.807, 2.05) is 24.0 Å². The van der Waals surface area contributed by atoms with Gasteiger partial charge in [0.15, 0.2) is 0 Å². The summed E-state index contributed by atoms with van der Waals surface area (Å²) in [5.74, 6) is 2.34. The number of thioether (sulfide) groups is 1. The Morgan fingerprint density at radius 2 is 2.14 bits per heavy atom. The predicted octanol–water partition coefficient (Wildman–Crippen LogP) is 3.90. The molecule has 2 heteroatoms. The highest BCUT2D eigenvalue weighted by Crippen LogP contribution is 2.12. The number of aromatic nitrogens is 1. The Morgan fingerprint density at radius 3 is 2.86 bits per heavy atom. The number of rotatable bonds is 7. The summed E-state index contributed by atoms with van der Waals surface area (Å²) in [5, 5.41) is 0. The van der Waals surface area contributed by atoms with Crippen LogP contribution in [0.4, 0.5) is 0 Å². The van der Waals surface area contributed by atoms with Gasteiger partial charge in [0.2, 0.25) is 0 Å². The molecule has 0 aliphatic rings. The average Bonchev–Trinajstić information content (AvgIpc) is 2.25. The van der Waals surface area contributed by atoms with Gasteiger partial charge in [-0.1, -0.05) is 32.3 Å². The number of unbranched alkanes of at least 4 members (excludes halogenated alkanes) is 3. The van der Waals surface area contributed by atoms with Gasteiger partial charge >= 0.3 is 0 Å². The van der Waals surface area contributed by atoms with Crippen LogP contribution in [0.2, 0.25) is 0 Å². The van der Waals surface area contributed by atoms with Crippen molar-refractivity contribution in [2.75, 3.05) is 5.75 Å². The molecule has 0 bridgehead atoms. The van der Waals surface area contributed by atoms with E-state index in [9.17, 15) is 0 Å². The molecule has 1 rings (SSSR count). The first-order valence-electron chi connectivity index (χ1n) is 5.41. The van der Waals surface area contributed by atoms with Crippen LogP contribution in [-0.2, 0) is 5.75 Å². The Kier molecular flexibility index (Phi) is 6.50. The van der Waals surface area contributed by atoms with Gasteiger partial charge in [0, 0.05) is 11.9 Å². The summed E-state index contributed by atoms with van der Waals surface area (Å²) in [4.78, 5) is 4.29. The van der Waals surface area contributed by atoms with Crippen molar-refractivity contribution in [1.29, 1.82) is 0 Å². The van der Waals surface area contributed by atoms with E-state index >= 15 is 0 Å². The minimum atomic E-state index is 1.06. The highest BCUT2D eigenvalue weighted by Gasteiger charge is 1.93. The lowest BCUT2D eigenvalue weighted by Gasteiger charge is -2.00. The molecule has 0 aromatic carbocycles. The highest BCUT2D eigenvalue weighted by atomic mass is 32.2. The van der Waals surface area contributed by atoms with Crippen LogP contribution in [0.3, 0.4) is 0 Å². The third kappa shape index (κ3) is 5.28. The van der Waals surface area contributed by atoms with E-state index in [-0.39, 0.29) is 0 Å². The molecule has 1 nitrogen and oxygen atoms in total. The summed E-state index contributed by atoms with van der Waals surface area (Å²) >= 11 is 1.99. The molecule has 1 heterocycles. The molecule has 1 aromatic heterocycles. The molecule has 1 aromatic rings. The molecule has 0 spiro atoms. The van der Waals surface area contributed by atoms with Gasteiger partial charge in [-0.3, -0.25) is 4.98 Å². The third-order valence-corrected chi connectivity index (χ3v) is 3.20. The maximum Gasteiger partial charge on any atom is 0.0502 e. The van der Waals surface area contributed by atoms with Gasteiger partial charge in [-0.15, -0.1) is 0 Å². The molecule has 0 amide bonds. The Morgan fingerprint density at radius 1 is 1.21 bits per heavy atom. The Bertz CT molecular complexity index is 223. The molecule has 0 saturated heterocycles. The maximum absolute atomic E-state index is 4.29. The molecule has 0 atom stereocenters. The van der Waals surface area contributed by atoms with Gasteiger partial charge in [0.05, 0.1) is 5.69 Å². The minimum absolute atomic E-state index is 1.06. The fourth-order valence-electron chi connectivity index (χ4n) is 1.29. The van der Waals surface area contributed by atoms with Crippen LogP contribution in [0.1, 0.15) is 38.3 Å². The first kappa shape index (κ1) is 11.6. The zero-order valence-electron chi connectivity index (χ0n) is 8.91. The fraction of sp³-hybridized carbons (Fsp3) is 0.583. The first-order chi connectivity index (χ1) is 6.93. The van der Waals surface area contributed by atoms with Crippen molar-refractivity contribution in [3.05, 3.63) is 30.1 Å². The van der Waals surface area contributed by atoms with Crippen molar-refractivity contribution in [2.45, 2.75) is 38.4 Å². The lowest BCUT2D eigenvalue weighted by Crippen LogP contribution is -1.87. The third-order valence-electron chi connectivity index (χ3n) is 2.12. The second kappa shape index (κ2) is 7.86. The Labute approximate surface area is 91.3 Å². The second-order valence-electron chi connectivity index (χ2n) is 3.43. The van der Waals surface area contributed by atoms with Crippen LogP contribution in [0.15, 0.2) is 24.4 Å². The van der Waals surface area contributed by atoms with Crippen molar-refractivity contribution in [3.8, 4) is 0 Å². The van der Waals surface area contributed by atoms with Gasteiger partial charge in [0.25, 0.3) is 0 Å². The summed E-state index contributed by atoms with van der Waals surface area (Å²) in [6, 6.07) is 6.12. The highest BCUT2D eigenvalue weighted by molar-refractivity contribution is 7.98. The quantitative estimate of drug-likeness (QED) is 0.632. The summed E-state index contributed by atoms with van der Waals surface area (Å²) in [6.07, 6.45) is 7.30. The monoisotopic (exact) mass is 209 g/mol. The summed E-state index contributed by atoms with van der Waals surface area (Å²) in [7, 11) is 0. The molecular formula is C12H19NS. The SMILES string of the molecule is CCCCCCSCc1ccccn1. The van der Waals surface area contributed by atoms with Crippen molar-refractivity contribution in [2.24, 2.45) is 0 Å². The normalized spacial score (nSPS) is 10.4. The van der Waals surface area contributed by atoms with Crippen molar-refractivity contribution < 1.29 is 0 Å². The van der Waals surface area contributed by atoms with Gasteiger partial charge in [0.1, 0.15) is 0 Å². The molecule has 0 saturated carbocycles. The predicted molar refractivity (Wildman–Crippen MR) is 64.5 cm³/mol. The van der Waals surface area contributed by atoms with Crippen LogP contribution in [0, 0.1) is 0 Å². The number of hydrogen-bond acceptors (Lipinski definition) is 2. The summed E-state index contributed by atoms with van der Waals surface area (Å²) < 4.78 is 0. The van der Waals surface area contributed by atoms with E-state index in [0.717, 1.165) is 5.75 Å². The van der Waals surface area contributed by atoms with Gasteiger partial charge in [-0.2, -0.15) is 11.8 Å². The second-order valence-corrected chi connectivity index (χ2v) is 4.54. The Balaban J connectivity index is 1.99. The number of hydrogen-bond donors (Lipinski definition) is 0. The summed E-state index contributed by atoms with van der Waals surface area (Å²) in [6.45, 7) is 2.25. The Hall–Kier alpha value is -0.500. The number of pyridine rings is 1. The topological polar surface area (TPSA) is 12.9 Å². The summed E-state index contributed by atoms with van der Waals surface area (Å²) in [5.41, 5.74) is 1.20. The molecule has 0 aliphatic carbocycles. The standard InChI is InChI=1S/C12H19NS/c1-2-3-4-7-10-14-11-12-8-5-6-9-13-12/h5-6,8-9H,2-4,7,10-11H2,1H3. The van der Waals surface area contributed by atoms with Crippen molar-refractivity contribution >= 4 is 11.8 Å². The van der Waals surface area contributed by atoms with Crippen LogP contribution < -0.4 is 0 Å². The molecular weight excluding hydrogens is 190 g/mol. The van der Waals surface area contributed by atoms with E-state index in [1.165, 1.54) is 37.1 Å². The molecule has 0 aliphatic heterocycles. The largest absolute Gasteiger partial charge is 0.260 e. The molecule has 0 N–H and O–H groups in total. The van der Waals surface area contributed by atoms with Gasteiger partial charge < -0.3 is 0 Å². The molecule has 0 radical (unpaired) electrons. The molecule has 0 fully saturated rings. The zero-order valence-corrected chi connectivity index (χ0v) is 9.72. The smallest absolute Gasteiger partial charge is 0.0502 e. The van der Waals surface area contributed by atoms with Crippen LogP contribution >= 0.6 is 11.8 Å². The zero-order chi connectivity index (χ0) is 10.1. The molecule has 0 unspecified atom stereocenters. The van der Waals surface area contributed by atoms with Crippen LogP contribution in [-0.4, -0.2) is 10.7 Å². The lowest BCUT2D eigenvalue weighted by molar-refractivity contribution is 0.706. The van der Waals surface area contributed by atoms with E-state index < -0.39 is 0 Å². The van der Waals surface area contributed by atoms with E-state index in [1.54, 1.807) is 0 Å². The average molecular weight is 209 g/mol. The van der Waals surface area contributed by atoms with Crippen LogP contribution in [0.5, 0.6) is 0 Å². The van der Waals surface area contributed by atoms with Crippen LogP contribution in [0.25, 0.3) is 0 Å².